The first kappa shape index (κ1) is 22.6. The normalized spacial score (nSPS) is 15.2. The number of amides is 2. The predicted octanol–water partition coefficient (Wildman–Crippen LogP) is 3.58. The Balaban J connectivity index is 1.59. The van der Waals surface area contributed by atoms with Gasteiger partial charge in [-0.3, -0.25) is 14.5 Å². The molecule has 2 aromatic rings. The number of carbonyl (C=O) groups is 2. The molecule has 6 nitrogen and oxygen atoms in total. The Morgan fingerprint density at radius 2 is 1.90 bits per heavy atom. The van der Waals surface area contributed by atoms with E-state index >= 15 is 0 Å². The molecule has 0 aliphatic carbocycles. The molecule has 2 heterocycles. The number of carbonyl (C=O) groups excluding carboxylic acids is 2. The molecule has 1 aromatic carbocycles. The van der Waals surface area contributed by atoms with Crippen LogP contribution >= 0.6 is 15.9 Å². The van der Waals surface area contributed by atoms with Crippen molar-refractivity contribution in [1.29, 1.82) is 0 Å². The van der Waals surface area contributed by atoms with E-state index in [1.807, 2.05) is 51.1 Å². The van der Waals surface area contributed by atoms with Crippen molar-refractivity contribution in [3.05, 3.63) is 51.8 Å². The Hall–Kier alpha value is -2.12. The fraction of sp³-hybridized carbons (Fsp3) is 0.478. The lowest BCUT2D eigenvalue weighted by molar-refractivity contribution is -0.122. The maximum Gasteiger partial charge on any atom is 0.253 e. The zero-order valence-electron chi connectivity index (χ0n) is 18.0. The number of nitrogens with one attached hydrogen (secondary N) is 2. The molecule has 1 aliphatic heterocycles. The summed E-state index contributed by atoms with van der Waals surface area (Å²) in [6, 6.07) is 10.2. The lowest BCUT2D eigenvalue weighted by atomic mass is 10.0. The molecule has 1 aromatic heterocycles. The average molecular weight is 475 g/mol. The van der Waals surface area contributed by atoms with Crippen LogP contribution in [0.4, 0.5) is 0 Å². The van der Waals surface area contributed by atoms with Crippen LogP contribution < -0.4 is 10.6 Å². The quantitative estimate of drug-likeness (QED) is 0.644. The average Bonchev–Trinajstić information content (AvgIpc) is 3.02. The Morgan fingerprint density at radius 1 is 1.17 bits per heavy atom. The highest BCUT2D eigenvalue weighted by Crippen LogP contribution is 2.23. The number of hydrogen-bond acceptors (Lipinski definition) is 3. The third-order valence-corrected chi connectivity index (χ3v) is 6.10. The van der Waals surface area contributed by atoms with Crippen molar-refractivity contribution in [2.75, 3.05) is 26.2 Å². The first-order valence-corrected chi connectivity index (χ1v) is 11.4. The zero-order chi connectivity index (χ0) is 21.7. The van der Waals surface area contributed by atoms with Gasteiger partial charge in [-0.1, -0.05) is 28.9 Å². The van der Waals surface area contributed by atoms with Crippen LogP contribution in [-0.2, 0) is 4.79 Å². The number of aromatic nitrogens is 1. The second-order valence-corrected chi connectivity index (χ2v) is 8.89. The molecular weight excluding hydrogens is 444 g/mol. The topological polar surface area (TPSA) is 66.4 Å². The maximum absolute atomic E-state index is 13.0. The van der Waals surface area contributed by atoms with Crippen LogP contribution in [0.5, 0.6) is 0 Å². The van der Waals surface area contributed by atoms with Gasteiger partial charge < -0.3 is 15.2 Å². The second-order valence-electron chi connectivity index (χ2n) is 7.97. The molecule has 0 unspecified atom stereocenters. The molecule has 1 saturated heterocycles. The van der Waals surface area contributed by atoms with E-state index in [9.17, 15) is 9.59 Å². The zero-order valence-corrected chi connectivity index (χ0v) is 19.6. The molecule has 2 amide bonds. The number of likely N-dealkylation sites (tertiary alicyclic amines) is 1. The van der Waals surface area contributed by atoms with Gasteiger partial charge in [-0.15, -0.1) is 0 Å². The molecule has 0 spiro atoms. The van der Waals surface area contributed by atoms with Crippen LogP contribution in [0.25, 0.3) is 5.69 Å². The van der Waals surface area contributed by atoms with Gasteiger partial charge in [0.05, 0.1) is 12.1 Å². The van der Waals surface area contributed by atoms with Crippen molar-refractivity contribution in [3.8, 4) is 5.69 Å². The van der Waals surface area contributed by atoms with E-state index in [1.165, 1.54) is 0 Å². The van der Waals surface area contributed by atoms with Crippen LogP contribution in [0, 0.1) is 13.8 Å². The Morgan fingerprint density at radius 3 is 2.57 bits per heavy atom. The largest absolute Gasteiger partial charge is 0.355 e. The first-order valence-electron chi connectivity index (χ1n) is 10.6. The molecule has 162 valence electrons. The molecule has 0 atom stereocenters. The maximum atomic E-state index is 13.0. The molecular formula is C23H31BrN4O2. The predicted molar refractivity (Wildman–Crippen MR) is 123 cm³/mol. The minimum atomic E-state index is -0.0246. The molecule has 1 aliphatic rings. The van der Waals surface area contributed by atoms with Gasteiger partial charge in [-0.2, -0.15) is 0 Å². The third-order valence-electron chi connectivity index (χ3n) is 5.60. The van der Waals surface area contributed by atoms with E-state index < -0.39 is 0 Å². The molecule has 0 bridgehead atoms. The van der Waals surface area contributed by atoms with Crippen molar-refractivity contribution in [2.45, 2.75) is 46.1 Å². The van der Waals surface area contributed by atoms with Gasteiger partial charge in [0, 0.05) is 47.2 Å². The third kappa shape index (κ3) is 5.52. The molecule has 0 saturated carbocycles. The summed E-state index contributed by atoms with van der Waals surface area (Å²) in [5, 5.41) is 6.12. The van der Waals surface area contributed by atoms with E-state index in [-0.39, 0.29) is 17.9 Å². The number of halogens is 1. The number of benzene rings is 1. The van der Waals surface area contributed by atoms with Crippen LogP contribution in [-0.4, -0.2) is 53.5 Å². The molecule has 7 heteroatoms. The summed E-state index contributed by atoms with van der Waals surface area (Å²) in [7, 11) is 0. The van der Waals surface area contributed by atoms with Gasteiger partial charge in [0.1, 0.15) is 0 Å². The van der Waals surface area contributed by atoms with E-state index in [0.717, 1.165) is 60.4 Å². The molecule has 2 N–H and O–H groups in total. The number of piperidine rings is 1. The number of aryl methyl sites for hydroxylation is 1. The van der Waals surface area contributed by atoms with E-state index in [2.05, 4.69) is 36.0 Å². The lowest BCUT2D eigenvalue weighted by Gasteiger charge is -2.31. The van der Waals surface area contributed by atoms with E-state index in [4.69, 9.17) is 0 Å². The van der Waals surface area contributed by atoms with Gasteiger partial charge in [0.25, 0.3) is 5.91 Å². The molecule has 0 radical (unpaired) electrons. The Labute approximate surface area is 187 Å². The van der Waals surface area contributed by atoms with Gasteiger partial charge in [-0.05, 0) is 57.4 Å². The lowest BCUT2D eigenvalue weighted by Crippen LogP contribution is -2.47. The van der Waals surface area contributed by atoms with Crippen LogP contribution in [0.1, 0.15) is 47.9 Å². The summed E-state index contributed by atoms with van der Waals surface area (Å²) >= 11 is 3.52. The van der Waals surface area contributed by atoms with Crippen molar-refractivity contribution in [1.82, 2.24) is 20.1 Å². The summed E-state index contributed by atoms with van der Waals surface area (Å²) in [5.74, 6) is 0.0582. The summed E-state index contributed by atoms with van der Waals surface area (Å²) in [6.45, 7) is 8.86. The minimum absolute atomic E-state index is 0.0246. The fourth-order valence-electron chi connectivity index (χ4n) is 4.03. The standard InChI is InChI=1S/C23H31BrN4O2/c1-4-10-25-22(29)15-27-11-8-19(9-12-27)26-23(30)21-13-16(2)28(17(21)3)20-7-5-6-18(24)14-20/h5-7,13-14,19H,4,8-12,15H2,1-3H3,(H,25,29)(H,26,30). The van der Waals surface area contributed by atoms with Gasteiger partial charge in [-0.25, -0.2) is 0 Å². The highest BCUT2D eigenvalue weighted by Gasteiger charge is 2.24. The smallest absolute Gasteiger partial charge is 0.253 e. The van der Waals surface area contributed by atoms with Crippen molar-refractivity contribution >= 4 is 27.7 Å². The van der Waals surface area contributed by atoms with E-state index in [0.29, 0.717) is 12.1 Å². The summed E-state index contributed by atoms with van der Waals surface area (Å²) in [5.41, 5.74) is 3.72. The fourth-order valence-corrected chi connectivity index (χ4v) is 4.41. The van der Waals surface area contributed by atoms with Crippen molar-refractivity contribution in [2.24, 2.45) is 0 Å². The molecule has 30 heavy (non-hydrogen) atoms. The number of hydrogen-bond donors (Lipinski definition) is 2. The van der Waals surface area contributed by atoms with Gasteiger partial charge in [0.2, 0.25) is 5.91 Å². The number of nitrogens with zero attached hydrogens (tertiary/aromatic N) is 2. The summed E-state index contributed by atoms with van der Waals surface area (Å²) in [6.07, 6.45) is 2.66. The van der Waals surface area contributed by atoms with Crippen LogP contribution in [0.15, 0.2) is 34.8 Å². The first-order chi connectivity index (χ1) is 14.4. The Kier molecular flexibility index (Phi) is 7.72. The van der Waals surface area contributed by atoms with Crippen LogP contribution in [0.3, 0.4) is 0 Å². The van der Waals surface area contributed by atoms with Gasteiger partial charge >= 0.3 is 0 Å². The van der Waals surface area contributed by atoms with Crippen LogP contribution in [0.2, 0.25) is 0 Å². The van der Waals surface area contributed by atoms with Gasteiger partial charge in [0.15, 0.2) is 0 Å². The van der Waals surface area contributed by atoms with Crippen molar-refractivity contribution in [3.63, 3.8) is 0 Å². The summed E-state index contributed by atoms with van der Waals surface area (Å²) < 4.78 is 3.12. The minimum Gasteiger partial charge on any atom is -0.355 e. The Bertz CT molecular complexity index is 901. The molecule has 1 fully saturated rings. The molecule has 3 rings (SSSR count). The highest BCUT2D eigenvalue weighted by molar-refractivity contribution is 9.10. The highest BCUT2D eigenvalue weighted by atomic mass is 79.9. The van der Waals surface area contributed by atoms with E-state index in [1.54, 1.807) is 0 Å². The van der Waals surface area contributed by atoms with Crippen molar-refractivity contribution < 1.29 is 9.59 Å². The monoisotopic (exact) mass is 474 g/mol. The summed E-state index contributed by atoms with van der Waals surface area (Å²) in [4.78, 5) is 27.0. The SMILES string of the molecule is CCCNC(=O)CN1CCC(NC(=O)c2cc(C)n(-c3cccc(Br)c3)c2C)CC1. The number of rotatable bonds is 7. The second kappa shape index (κ2) is 10.3.